The van der Waals surface area contributed by atoms with E-state index >= 15 is 0 Å². The zero-order valence-electron chi connectivity index (χ0n) is 12.5. The average Bonchev–Trinajstić information content (AvgIpc) is 3.01. The second-order valence-electron chi connectivity index (χ2n) is 6.53. The van der Waals surface area contributed by atoms with E-state index in [-0.39, 0.29) is 5.56 Å². The van der Waals surface area contributed by atoms with Gasteiger partial charge in [-0.25, -0.2) is 4.98 Å². The number of aromatic amines is 1. The largest absolute Gasteiger partial charge is 0.326 e. The van der Waals surface area contributed by atoms with Crippen molar-refractivity contribution >= 4 is 21.6 Å². The number of aryl methyl sites for hydroxylation is 2. The van der Waals surface area contributed by atoms with Crippen LogP contribution in [0.3, 0.4) is 0 Å². The van der Waals surface area contributed by atoms with Gasteiger partial charge in [0.1, 0.15) is 11.4 Å². The molecule has 1 aliphatic carbocycles. The molecule has 1 fully saturated rings. The molecule has 2 atom stereocenters. The van der Waals surface area contributed by atoms with Gasteiger partial charge in [-0.1, -0.05) is 0 Å². The van der Waals surface area contributed by atoms with Gasteiger partial charge >= 0.3 is 0 Å². The fourth-order valence-electron chi connectivity index (χ4n) is 3.86. The van der Waals surface area contributed by atoms with Crippen molar-refractivity contribution in [3.05, 3.63) is 26.6 Å². The lowest BCUT2D eigenvalue weighted by Crippen LogP contribution is -3.15. The highest BCUT2D eigenvalue weighted by Crippen LogP contribution is 2.34. The second-order valence-corrected chi connectivity index (χ2v) is 7.62. The predicted octanol–water partition coefficient (Wildman–Crippen LogP) is 1.43. The summed E-state index contributed by atoms with van der Waals surface area (Å²) in [6.45, 7) is 4.36. The number of thiophene rings is 1. The normalized spacial score (nSPS) is 25.4. The summed E-state index contributed by atoms with van der Waals surface area (Å²) in [5, 5.41) is 0.873. The SMILES string of the molecule is C[C@H]1CCCC[NH+]1Cc1nc2sc3c(c2c(=O)[nH]1)CCC3. The number of piperidine rings is 1. The second kappa shape index (κ2) is 5.21. The molecule has 0 saturated carbocycles. The molecule has 4 rings (SSSR count). The predicted molar refractivity (Wildman–Crippen MR) is 85.1 cm³/mol. The minimum atomic E-state index is 0.0819. The molecule has 2 aromatic rings. The minimum Gasteiger partial charge on any atom is -0.326 e. The summed E-state index contributed by atoms with van der Waals surface area (Å²) in [7, 11) is 0. The van der Waals surface area contributed by atoms with Crippen LogP contribution in [0.5, 0.6) is 0 Å². The molecule has 0 radical (unpaired) electrons. The summed E-state index contributed by atoms with van der Waals surface area (Å²) in [5.41, 5.74) is 1.35. The van der Waals surface area contributed by atoms with Crippen molar-refractivity contribution in [1.82, 2.24) is 9.97 Å². The number of hydrogen-bond acceptors (Lipinski definition) is 3. The highest BCUT2D eigenvalue weighted by molar-refractivity contribution is 7.18. The molecule has 1 unspecified atom stereocenters. The Bertz CT molecular complexity index is 733. The van der Waals surface area contributed by atoms with Gasteiger partial charge in [-0.05, 0) is 51.0 Å². The van der Waals surface area contributed by atoms with Gasteiger partial charge in [-0.3, -0.25) is 4.79 Å². The van der Waals surface area contributed by atoms with Crippen molar-refractivity contribution in [2.45, 2.75) is 58.0 Å². The maximum absolute atomic E-state index is 12.4. The molecule has 4 nitrogen and oxygen atoms in total. The van der Waals surface area contributed by atoms with Gasteiger partial charge in [0, 0.05) is 4.88 Å². The molecule has 2 aliphatic rings. The molecule has 0 amide bonds. The lowest BCUT2D eigenvalue weighted by Gasteiger charge is -2.29. The standard InChI is InChI=1S/C16H21N3OS/c1-10-5-2-3-8-19(10)9-13-17-15(20)14-11-6-4-7-12(11)21-16(14)18-13/h10H,2-9H2,1H3,(H,17,18,20)/p+1/t10-/m0/s1. The molecule has 2 aromatic heterocycles. The van der Waals surface area contributed by atoms with Crippen LogP contribution in [0.4, 0.5) is 0 Å². The van der Waals surface area contributed by atoms with Crippen LogP contribution in [-0.4, -0.2) is 22.6 Å². The van der Waals surface area contributed by atoms with E-state index in [0.717, 1.165) is 35.4 Å². The molecule has 5 heteroatoms. The Hall–Kier alpha value is -1.20. The van der Waals surface area contributed by atoms with Crippen LogP contribution in [0.15, 0.2) is 4.79 Å². The van der Waals surface area contributed by atoms with E-state index in [9.17, 15) is 4.79 Å². The van der Waals surface area contributed by atoms with Gasteiger partial charge in [0.2, 0.25) is 0 Å². The molecular weight excluding hydrogens is 282 g/mol. The third kappa shape index (κ3) is 2.32. The third-order valence-electron chi connectivity index (χ3n) is 5.10. The summed E-state index contributed by atoms with van der Waals surface area (Å²) in [4.78, 5) is 24.2. The number of fused-ring (bicyclic) bond motifs is 3. The average molecular weight is 304 g/mol. The van der Waals surface area contributed by atoms with Crippen LogP contribution in [0.1, 0.15) is 48.9 Å². The molecule has 0 aromatic carbocycles. The number of rotatable bonds is 2. The Morgan fingerprint density at radius 2 is 2.24 bits per heavy atom. The molecule has 3 heterocycles. The first kappa shape index (κ1) is 13.5. The summed E-state index contributed by atoms with van der Waals surface area (Å²) >= 11 is 1.74. The van der Waals surface area contributed by atoms with Gasteiger partial charge in [0.25, 0.3) is 5.56 Å². The van der Waals surface area contributed by atoms with Gasteiger partial charge in [0.15, 0.2) is 5.82 Å². The van der Waals surface area contributed by atoms with Crippen LogP contribution in [0.2, 0.25) is 0 Å². The van der Waals surface area contributed by atoms with Crippen molar-refractivity contribution in [2.75, 3.05) is 6.54 Å². The number of likely N-dealkylation sites (tertiary alicyclic amines) is 1. The van der Waals surface area contributed by atoms with Crippen molar-refractivity contribution in [2.24, 2.45) is 0 Å². The van der Waals surface area contributed by atoms with Crippen molar-refractivity contribution in [1.29, 1.82) is 0 Å². The van der Waals surface area contributed by atoms with E-state index in [1.165, 1.54) is 42.7 Å². The molecule has 1 saturated heterocycles. The van der Waals surface area contributed by atoms with Crippen molar-refractivity contribution < 1.29 is 4.90 Å². The van der Waals surface area contributed by atoms with Crippen molar-refractivity contribution in [3.63, 3.8) is 0 Å². The quantitative estimate of drug-likeness (QED) is 0.882. The highest BCUT2D eigenvalue weighted by atomic mass is 32.1. The molecule has 21 heavy (non-hydrogen) atoms. The van der Waals surface area contributed by atoms with Gasteiger partial charge in [-0.2, -0.15) is 0 Å². The number of quaternary nitrogens is 1. The first-order chi connectivity index (χ1) is 10.2. The number of hydrogen-bond donors (Lipinski definition) is 2. The number of H-pyrrole nitrogens is 1. The lowest BCUT2D eigenvalue weighted by molar-refractivity contribution is -0.942. The van der Waals surface area contributed by atoms with Gasteiger partial charge in [0.05, 0.1) is 18.0 Å². The van der Waals surface area contributed by atoms with E-state index in [1.54, 1.807) is 16.2 Å². The van der Waals surface area contributed by atoms with Crippen LogP contribution in [0, 0.1) is 0 Å². The molecule has 0 spiro atoms. The summed E-state index contributed by atoms with van der Waals surface area (Å²) in [5.74, 6) is 0.871. The molecule has 112 valence electrons. The Morgan fingerprint density at radius 1 is 1.33 bits per heavy atom. The molecule has 0 bridgehead atoms. The number of nitrogens with one attached hydrogen (secondary N) is 2. The van der Waals surface area contributed by atoms with Crippen LogP contribution < -0.4 is 10.5 Å². The van der Waals surface area contributed by atoms with Gasteiger partial charge < -0.3 is 9.88 Å². The number of nitrogens with zero attached hydrogens (tertiary/aromatic N) is 1. The van der Waals surface area contributed by atoms with Gasteiger partial charge in [-0.15, -0.1) is 11.3 Å². The molecule has 1 aliphatic heterocycles. The first-order valence-electron chi connectivity index (χ1n) is 8.10. The van der Waals surface area contributed by atoms with Crippen molar-refractivity contribution in [3.8, 4) is 0 Å². The van der Waals surface area contributed by atoms with E-state index in [4.69, 9.17) is 4.98 Å². The topological polar surface area (TPSA) is 50.2 Å². The zero-order chi connectivity index (χ0) is 14.4. The molecule has 2 N–H and O–H groups in total. The lowest BCUT2D eigenvalue weighted by atomic mass is 10.0. The van der Waals surface area contributed by atoms with Crippen LogP contribution in [-0.2, 0) is 19.4 Å². The fourth-order valence-corrected chi connectivity index (χ4v) is 5.14. The van der Waals surface area contributed by atoms with E-state index in [1.807, 2.05) is 0 Å². The summed E-state index contributed by atoms with van der Waals surface area (Å²) in [6.07, 6.45) is 7.28. The van der Waals surface area contributed by atoms with E-state index < -0.39 is 0 Å². The fraction of sp³-hybridized carbons (Fsp3) is 0.625. The monoisotopic (exact) mass is 304 g/mol. The molecular formula is C16H22N3OS+. The van der Waals surface area contributed by atoms with E-state index in [0.29, 0.717) is 6.04 Å². The number of aromatic nitrogens is 2. The Morgan fingerprint density at radius 3 is 3.10 bits per heavy atom. The smallest absolute Gasteiger partial charge is 0.260 e. The Balaban J connectivity index is 1.69. The maximum Gasteiger partial charge on any atom is 0.260 e. The summed E-state index contributed by atoms with van der Waals surface area (Å²) in [6, 6.07) is 0.674. The zero-order valence-corrected chi connectivity index (χ0v) is 13.3. The maximum atomic E-state index is 12.4. The van der Waals surface area contributed by atoms with E-state index in [2.05, 4.69) is 11.9 Å². The minimum absolute atomic E-state index is 0.0819. The van der Waals surface area contributed by atoms with Crippen LogP contribution in [0.25, 0.3) is 10.2 Å². The summed E-state index contributed by atoms with van der Waals surface area (Å²) < 4.78 is 0. The first-order valence-corrected chi connectivity index (χ1v) is 8.92. The third-order valence-corrected chi connectivity index (χ3v) is 6.29. The highest BCUT2D eigenvalue weighted by Gasteiger charge is 2.25. The Labute approximate surface area is 128 Å². The Kier molecular flexibility index (Phi) is 3.34. The van der Waals surface area contributed by atoms with Crippen LogP contribution >= 0.6 is 11.3 Å².